The quantitative estimate of drug-likeness (QED) is 0.293. The van der Waals surface area contributed by atoms with E-state index in [1.165, 1.54) is 6.42 Å². The average Bonchev–Trinajstić information content (AvgIpc) is 3.64. The summed E-state index contributed by atoms with van der Waals surface area (Å²) in [5.41, 5.74) is 2.77. The van der Waals surface area contributed by atoms with Crippen LogP contribution in [0.4, 0.5) is 13.2 Å². The summed E-state index contributed by atoms with van der Waals surface area (Å²) in [6, 6.07) is 11.1. The Bertz CT molecular complexity index is 1620. The van der Waals surface area contributed by atoms with Gasteiger partial charge >= 0.3 is 6.18 Å². The van der Waals surface area contributed by atoms with Crippen molar-refractivity contribution in [1.29, 1.82) is 0 Å². The molecule has 3 N–H and O–H groups in total. The molecule has 42 heavy (non-hydrogen) atoms. The molecule has 2 saturated carbocycles. The van der Waals surface area contributed by atoms with Crippen LogP contribution < -0.4 is 10.2 Å². The van der Waals surface area contributed by atoms with E-state index in [2.05, 4.69) is 4.57 Å². The predicted molar refractivity (Wildman–Crippen MR) is 146 cm³/mol. The van der Waals surface area contributed by atoms with E-state index in [1.54, 1.807) is 24.7 Å². The number of methoxy groups -OCH3 is 1. The average molecular weight is 584 g/mol. The van der Waals surface area contributed by atoms with Crippen LogP contribution in [0.1, 0.15) is 71.8 Å². The van der Waals surface area contributed by atoms with Gasteiger partial charge in [-0.2, -0.15) is 13.2 Å². The van der Waals surface area contributed by atoms with Crippen LogP contribution in [0.15, 0.2) is 36.4 Å². The predicted octanol–water partition coefficient (Wildman–Crippen LogP) is 5.11. The minimum absolute atomic E-state index is 0.219. The molecule has 2 aliphatic carbocycles. The van der Waals surface area contributed by atoms with Crippen molar-refractivity contribution >= 4 is 22.7 Å². The molecule has 0 radical (unpaired) electrons. The first-order chi connectivity index (χ1) is 20.0. The van der Waals surface area contributed by atoms with Crippen LogP contribution in [0.2, 0.25) is 0 Å². The standard InChI is InChI=1S/C31H32F3N3O5/c1-42-19-8-10-20-22(12-19)23-13-29(23,28(39)36-15-30(40,16-36)31(32,33)34)14-37-24-11-18(27(38)35-41)7-9-21(24)25(26(20)37)17-5-3-2-4-6-17/h7-12,17,23,40-41H,2-6,13-16H2,1H3,(H,35,38). The largest absolute Gasteiger partial charge is 0.497 e. The Morgan fingerprint density at radius 1 is 1.05 bits per heavy atom. The van der Waals surface area contributed by atoms with Gasteiger partial charge in [0.05, 0.1) is 31.3 Å². The molecule has 0 bridgehead atoms. The van der Waals surface area contributed by atoms with Gasteiger partial charge in [-0.15, -0.1) is 0 Å². The molecule has 0 spiro atoms. The molecule has 3 heterocycles. The molecular weight excluding hydrogens is 551 g/mol. The number of benzene rings is 2. The lowest BCUT2D eigenvalue weighted by atomic mass is 9.81. The third-order valence-electron chi connectivity index (χ3n) is 10.0. The van der Waals surface area contributed by atoms with Gasteiger partial charge in [0.15, 0.2) is 5.60 Å². The number of aromatic nitrogens is 1. The molecule has 7 rings (SSSR count). The van der Waals surface area contributed by atoms with Crippen molar-refractivity contribution in [3.05, 3.63) is 53.1 Å². The van der Waals surface area contributed by atoms with Gasteiger partial charge in [-0.1, -0.05) is 25.3 Å². The molecular formula is C31H32F3N3O5. The Kier molecular flexibility index (Phi) is 5.98. The molecule has 1 saturated heterocycles. The van der Waals surface area contributed by atoms with Crippen molar-refractivity contribution in [2.45, 2.75) is 68.7 Å². The molecule has 2 unspecified atom stereocenters. The number of nitrogens with zero attached hydrogens (tertiary/aromatic N) is 2. The van der Waals surface area contributed by atoms with E-state index < -0.39 is 42.1 Å². The van der Waals surface area contributed by atoms with Gasteiger partial charge in [-0.05, 0) is 66.6 Å². The second kappa shape index (κ2) is 9.21. The van der Waals surface area contributed by atoms with Gasteiger partial charge in [-0.3, -0.25) is 14.8 Å². The lowest BCUT2D eigenvalue weighted by molar-refractivity contribution is -0.298. The van der Waals surface area contributed by atoms with E-state index in [-0.39, 0.29) is 23.9 Å². The van der Waals surface area contributed by atoms with E-state index in [4.69, 9.17) is 4.74 Å². The number of hydroxylamine groups is 1. The van der Waals surface area contributed by atoms with E-state index in [1.807, 2.05) is 24.3 Å². The Morgan fingerprint density at radius 2 is 1.79 bits per heavy atom. The summed E-state index contributed by atoms with van der Waals surface area (Å²) in [6.45, 7) is -1.36. The molecule has 3 aromatic rings. The smallest absolute Gasteiger partial charge is 0.420 e. The van der Waals surface area contributed by atoms with Gasteiger partial charge in [0, 0.05) is 34.5 Å². The zero-order valence-corrected chi connectivity index (χ0v) is 23.1. The Balaban J connectivity index is 1.42. The highest BCUT2D eigenvalue weighted by Crippen LogP contribution is 2.66. The summed E-state index contributed by atoms with van der Waals surface area (Å²) >= 11 is 0. The normalized spacial score (nSPS) is 24.6. The van der Waals surface area contributed by atoms with Gasteiger partial charge in [-0.25, -0.2) is 5.48 Å². The van der Waals surface area contributed by atoms with Crippen molar-refractivity contribution in [1.82, 2.24) is 14.9 Å². The van der Waals surface area contributed by atoms with Crippen molar-refractivity contribution in [3.63, 3.8) is 0 Å². The van der Waals surface area contributed by atoms with Crippen LogP contribution >= 0.6 is 0 Å². The minimum atomic E-state index is -4.82. The van der Waals surface area contributed by atoms with Crippen LogP contribution in [0.25, 0.3) is 22.2 Å². The van der Waals surface area contributed by atoms with Crippen LogP contribution in [-0.4, -0.2) is 63.6 Å². The highest BCUT2D eigenvalue weighted by atomic mass is 19.4. The molecule has 1 aromatic heterocycles. The topological polar surface area (TPSA) is 104 Å². The maximum absolute atomic E-state index is 14.1. The number of likely N-dealkylation sites (tertiary alicyclic amines) is 1. The number of β-amino-alcohol motifs (C(OH)–C–C–N with tert-alkyl or cyclic N) is 1. The maximum Gasteiger partial charge on any atom is 0.420 e. The first kappa shape index (κ1) is 27.3. The fraction of sp³-hybridized carbons (Fsp3) is 0.484. The molecule has 11 heteroatoms. The first-order valence-electron chi connectivity index (χ1n) is 14.4. The number of hydrogen-bond donors (Lipinski definition) is 3. The summed E-state index contributed by atoms with van der Waals surface area (Å²) in [5.74, 6) is -0.417. The van der Waals surface area contributed by atoms with E-state index in [0.29, 0.717) is 12.2 Å². The first-order valence-corrected chi connectivity index (χ1v) is 14.4. The lowest BCUT2D eigenvalue weighted by Gasteiger charge is -2.48. The number of carbonyl (C=O) groups is 2. The monoisotopic (exact) mass is 583 g/mol. The highest BCUT2D eigenvalue weighted by Gasteiger charge is 2.69. The van der Waals surface area contributed by atoms with Crippen LogP contribution in [0.5, 0.6) is 5.75 Å². The summed E-state index contributed by atoms with van der Waals surface area (Å²) < 4.78 is 47.9. The fourth-order valence-electron chi connectivity index (χ4n) is 7.71. The van der Waals surface area contributed by atoms with E-state index in [0.717, 1.165) is 63.9 Å². The number of aliphatic hydroxyl groups is 1. The highest BCUT2D eigenvalue weighted by molar-refractivity contribution is 6.01. The Morgan fingerprint density at radius 3 is 2.45 bits per heavy atom. The summed E-state index contributed by atoms with van der Waals surface area (Å²) in [4.78, 5) is 27.6. The molecule has 8 nitrogen and oxygen atoms in total. The molecule has 2 amide bonds. The Labute approximate surface area is 240 Å². The number of hydrogen-bond acceptors (Lipinski definition) is 5. The third-order valence-corrected chi connectivity index (χ3v) is 10.0. The van der Waals surface area contributed by atoms with Gasteiger partial charge < -0.3 is 19.3 Å². The molecule has 2 aliphatic heterocycles. The van der Waals surface area contributed by atoms with Crippen LogP contribution in [-0.2, 0) is 11.3 Å². The molecule has 4 aliphatic rings. The summed E-state index contributed by atoms with van der Waals surface area (Å²) in [5, 5.41) is 20.4. The second-order valence-corrected chi connectivity index (χ2v) is 12.4. The number of carbonyl (C=O) groups excluding carboxylic acids is 2. The molecule has 3 fully saturated rings. The fourth-order valence-corrected chi connectivity index (χ4v) is 7.71. The second-order valence-electron chi connectivity index (χ2n) is 12.4. The summed E-state index contributed by atoms with van der Waals surface area (Å²) in [7, 11) is 1.57. The van der Waals surface area contributed by atoms with Crippen molar-refractivity contribution in [2.24, 2.45) is 5.41 Å². The molecule has 222 valence electrons. The van der Waals surface area contributed by atoms with Crippen molar-refractivity contribution < 1.29 is 37.8 Å². The molecule has 2 aromatic carbocycles. The minimum Gasteiger partial charge on any atom is -0.497 e. The van der Waals surface area contributed by atoms with Crippen molar-refractivity contribution in [2.75, 3.05) is 20.2 Å². The number of fused-ring (bicyclic) bond motifs is 7. The van der Waals surface area contributed by atoms with Gasteiger partial charge in [0.25, 0.3) is 5.91 Å². The number of rotatable bonds is 4. The van der Waals surface area contributed by atoms with E-state index >= 15 is 0 Å². The number of alkyl halides is 3. The summed E-state index contributed by atoms with van der Waals surface area (Å²) in [6.07, 6.45) is 0.997. The Hall–Kier alpha value is -3.57. The number of amides is 2. The number of ether oxygens (including phenoxy) is 1. The zero-order valence-electron chi connectivity index (χ0n) is 23.1. The lowest BCUT2D eigenvalue weighted by Crippen LogP contribution is -2.71. The van der Waals surface area contributed by atoms with Gasteiger partial charge in [0.1, 0.15) is 5.75 Å². The number of nitrogens with one attached hydrogen (secondary N) is 1. The van der Waals surface area contributed by atoms with Crippen LogP contribution in [0, 0.1) is 5.41 Å². The zero-order chi connectivity index (χ0) is 29.6. The maximum atomic E-state index is 14.1. The van der Waals surface area contributed by atoms with Crippen molar-refractivity contribution in [3.8, 4) is 17.0 Å². The number of halogens is 3. The SMILES string of the molecule is COc1ccc2c(c1)C1CC1(C(=O)N1CC(O)(C(F)(F)F)C1)Cn1c-2c(C2CCCCC2)c2ccc(C(=O)NO)cc21. The van der Waals surface area contributed by atoms with E-state index in [9.17, 15) is 33.1 Å². The van der Waals surface area contributed by atoms with Gasteiger partial charge in [0.2, 0.25) is 5.91 Å². The molecule has 2 atom stereocenters. The third kappa shape index (κ3) is 3.82. The van der Waals surface area contributed by atoms with Crippen LogP contribution in [0.3, 0.4) is 0 Å².